The van der Waals surface area contributed by atoms with Crippen LogP contribution in [0.4, 0.5) is 11.5 Å². The van der Waals surface area contributed by atoms with E-state index in [9.17, 15) is 0 Å². The summed E-state index contributed by atoms with van der Waals surface area (Å²) in [5.74, 6) is 0.648. The molecular formula is C18H17BrN4. The molecule has 0 aliphatic carbocycles. The molecule has 0 aliphatic heterocycles. The first-order valence-electron chi connectivity index (χ1n) is 7.25. The highest BCUT2D eigenvalue weighted by Crippen LogP contribution is 2.30. The van der Waals surface area contributed by atoms with Crippen LogP contribution in [0.3, 0.4) is 0 Å². The first kappa shape index (κ1) is 15.5. The van der Waals surface area contributed by atoms with Crippen molar-refractivity contribution in [1.29, 1.82) is 0 Å². The maximum Gasteiger partial charge on any atom is 0.182 e. The average molecular weight is 369 g/mol. The van der Waals surface area contributed by atoms with Crippen molar-refractivity contribution in [2.75, 3.05) is 19.0 Å². The van der Waals surface area contributed by atoms with Crippen LogP contribution in [0.25, 0.3) is 16.6 Å². The molecule has 0 saturated heterocycles. The Labute approximate surface area is 144 Å². The monoisotopic (exact) mass is 368 g/mol. The molecule has 3 rings (SSSR count). The molecule has 23 heavy (non-hydrogen) atoms. The zero-order chi connectivity index (χ0) is 16.2. The maximum atomic E-state index is 4.46. The van der Waals surface area contributed by atoms with E-state index in [0.717, 1.165) is 15.6 Å². The number of hydrogen-bond acceptors (Lipinski definition) is 2. The number of benzene rings is 1. The maximum absolute atomic E-state index is 4.46. The molecule has 0 unspecified atom stereocenters. The van der Waals surface area contributed by atoms with Gasteiger partial charge in [0, 0.05) is 42.2 Å². The van der Waals surface area contributed by atoms with Gasteiger partial charge in [0.2, 0.25) is 0 Å². The minimum Gasteiger partial charge on any atom is -0.437 e. The van der Waals surface area contributed by atoms with Gasteiger partial charge < -0.3 is 9.88 Å². The van der Waals surface area contributed by atoms with E-state index in [-0.39, 0.29) is 0 Å². The SMILES string of the molecule is CN(C)c1ccc(-c2cnc([N-][n+]3ccccc3)c(Br)c2)cc1. The van der Waals surface area contributed by atoms with Crippen LogP contribution in [0.2, 0.25) is 0 Å². The largest absolute Gasteiger partial charge is 0.437 e. The number of rotatable bonds is 4. The topological polar surface area (TPSA) is 34.1 Å². The lowest BCUT2D eigenvalue weighted by Gasteiger charge is -2.15. The van der Waals surface area contributed by atoms with Crippen LogP contribution in [0.5, 0.6) is 0 Å². The molecule has 4 nitrogen and oxygen atoms in total. The van der Waals surface area contributed by atoms with Crippen molar-refractivity contribution in [3.05, 3.63) is 77.0 Å². The second kappa shape index (κ2) is 6.79. The van der Waals surface area contributed by atoms with Gasteiger partial charge in [0.15, 0.2) is 12.4 Å². The lowest BCUT2D eigenvalue weighted by atomic mass is 10.1. The van der Waals surface area contributed by atoms with Crippen molar-refractivity contribution in [2.45, 2.75) is 0 Å². The Bertz CT molecular complexity index is 786. The molecule has 5 heteroatoms. The molecule has 0 amide bonds. The fraction of sp³-hybridized carbons (Fsp3) is 0.111. The van der Waals surface area contributed by atoms with E-state index < -0.39 is 0 Å². The highest BCUT2D eigenvalue weighted by atomic mass is 79.9. The van der Waals surface area contributed by atoms with Gasteiger partial charge in [0.1, 0.15) is 0 Å². The average Bonchev–Trinajstić information content (AvgIpc) is 2.58. The minimum absolute atomic E-state index is 0.648. The van der Waals surface area contributed by atoms with Crippen molar-refractivity contribution in [2.24, 2.45) is 0 Å². The summed E-state index contributed by atoms with van der Waals surface area (Å²) in [6, 6.07) is 16.2. The molecule has 3 aromatic rings. The highest BCUT2D eigenvalue weighted by Gasteiger charge is 2.03. The summed E-state index contributed by atoms with van der Waals surface area (Å²) >= 11 is 3.56. The third-order valence-electron chi connectivity index (χ3n) is 3.45. The molecule has 0 fully saturated rings. The van der Waals surface area contributed by atoms with E-state index in [0.29, 0.717) is 5.82 Å². The fourth-order valence-electron chi connectivity index (χ4n) is 2.18. The Hall–Kier alpha value is -2.40. The third-order valence-corrected chi connectivity index (χ3v) is 4.03. The smallest absolute Gasteiger partial charge is 0.182 e. The lowest BCUT2D eigenvalue weighted by molar-refractivity contribution is -0.619. The normalized spacial score (nSPS) is 10.4. The van der Waals surface area contributed by atoms with Gasteiger partial charge in [-0.1, -0.05) is 40.3 Å². The number of halogens is 1. The molecule has 0 spiro atoms. The van der Waals surface area contributed by atoms with E-state index in [1.807, 2.05) is 57.0 Å². The molecule has 2 heterocycles. The molecule has 0 saturated carbocycles. The first-order valence-corrected chi connectivity index (χ1v) is 8.04. The van der Waals surface area contributed by atoms with Crippen molar-refractivity contribution in [1.82, 2.24) is 4.98 Å². The number of hydrogen-bond donors (Lipinski definition) is 0. The summed E-state index contributed by atoms with van der Waals surface area (Å²) in [5, 5.41) is 0. The van der Waals surface area contributed by atoms with Gasteiger partial charge in [-0.15, -0.1) is 0 Å². The predicted octanol–water partition coefficient (Wildman–Crippen LogP) is 4.33. The van der Waals surface area contributed by atoms with Crippen LogP contribution >= 0.6 is 15.9 Å². The molecule has 0 N–H and O–H groups in total. The lowest BCUT2D eigenvalue weighted by Crippen LogP contribution is -2.26. The van der Waals surface area contributed by atoms with Crippen molar-refractivity contribution >= 4 is 27.4 Å². The minimum atomic E-state index is 0.648. The molecule has 0 radical (unpaired) electrons. The number of nitrogens with zero attached hydrogens (tertiary/aromatic N) is 4. The second-order valence-corrected chi connectivity index (χ2v) is 6.18. The van der Waals surface area contributed by atoms with E-state index in [1.54, 1.807) is 4.68 Å². The van der Waals surface area contributed by atoms with Crippen molar-refractivity contribution in [3.63, 3.8) is 0 Å². The molecule has 0 aliphatic rings. The molecule has 116 valence electrons. The summed E-state index contributed by atoms with van der Waals surface area (Å²) in [7, 11) is 4.06. The molecule has 0 bridgehead atoms. The number of aromatic nitrogens is 2. The zero-order valence-electron chi connectivity index (χ0n) is 13.0. The Morgan fingerprint density at radius 2 is 1.70 bits per heavy atom. The second-order valence-electron chi connectivity index (χ2n) is 5.33. The van der Waals surface area contributed by atoms with Gasteiger partial charge in [-0.25, -0.2) is 0 Å². The van der Waals surface area contributed by atoms with Gasteiger partial charge in [0.25, 0.3) is 0 Å². The molecular weight excluding hydrogens is 352 g/mol. The van der Waals surface area contributed by atoms with Crippen LogP contribution in [0.1, 0.15) is 0 Å². The molecule has 1 aromatic carbocycles. The highest BCUT2D eigenvalue weighted by molar-refractivity contribution is 9.10. The Balaban J connectivity index is 1.84. The standard InChI is InChI=1S/C18H17BrN4/c1-22(2)16-8-6-14(7-9-16)15-12-17(19)18(20-13-15)21-23-10-4-3-5-11-23/h3-13H,1-2H3. The van der Waals surface area contributed by atoms with Gasteiger partial charge in [-0.2, -0.15) is 10.1 Å². The van der Waals surface area contributed by atoms with Gasteiger partial charge in [-0.3, -0.25) is 0 Å². The Morgan fingerprint density at radius 3 is 2.30 bits per heavy atom. The van der Waals surface area contributed by atoms with E-state index in [4.69, 9.17) is 0 Å². The van der Waals surface area contributed by atoms with Crippen molar-refractivity contribution in [3.8, 4) is 11.1 Å². The first-order chi connectivity index (χ1) is 11.1. The number of pyridine rings is 2. The summed E-state index contributed by atoms with van der Waals surface area (Å²) in [6.45, 7) is 0. The van der Waals surface area contributed by atoms with Crippen LogP contribution in [0, 0.1) is 0 Å². The van der Waals surface area contributed by atoms with Crippen LogP contribution < -0.4 is 9.58 Å². The third kappa shape index (κ3) is 3.68. The molecule has 0 atom stereocenters. The summed E-state index contributed by atoms with van der Waals surface area (Å²) in [6.07, 6.45) is 5.60. The van der Waals surface area contributed by atoms with Crippen LogP contribution in [-0.2, 0) is 0 Å². The Kier molecular flexibility index (Phi) is 4.57. The van der Waals surface area contributed by atoms with Gasteiger partial charge >= 0.3 is 0 Å². The van der Waals surface area contributed by atoms with E-state index in [2.05, 4.69) is 55.5 Å². The summed E-state index contributed by atoms with van der Waals surface area (Å²) < 4.78 is 2.60. The quantitative estimate of drug-likeness (QED) is 0.642. The molecule has 2 aromatic heterocycles. The van der Waals surface area contributed by atoms with Gasteiger partial charge in [0.05, 0.1) is 0 Å². The van der Waals surface area contributed by atoms with Crippen LogP contribution in [0.15, 0.2) is 71.6 Å². The van der Waals surface area contributed by atoms with Gasteiger partial charge in [-0.05, 0) is 29.3 Å². The van der Waals surface area contributed by atoms with Crippen molar-refractivity contribution < 1.29 is 4.68 Å². The van der Waals surface area contributed by atoms with E-state index in [1.165, 1.54) is 5.69 Å². The Morgan fingerprint density at radius 1 is 1.00 bits per heavy atom. The number of anilines is 1. The predicted molar refractivity (Wildman–Crippen MR) is 96.8 cm³/mol. The van der Waals surface area contributed by atoms with Crippen LogP contribution in [-0.4, -0.2) is 19.1 Å². The summed E-state index contributed by atoms with van der Waals surface area (Å²) in [4.78, 5) is 6.54. The summed E-state index contributed by atoms with van der Waals surface area (Å²) in [5.41, 5.74) is 7.82. The van der Waals surface area contributed by atoms with E-state index >= 15 is 0 Å². The fourth-order valence-corrected chi connectivity index (χ4v) is 2.61. The zero-order valence-corrected chi connectivity index (χ0v) is 14.6.